The molecule has 0 fully saturated rings. The van der Waals surface area contributed by atoms with Gasteiger partial charge in [-0.2, -0.15) is 0 Å². The average molecular weight is 360 g/mol. The summed E-state index contributed by atoms with van der Waals surface area (Å²) in [4.78, 5) is 57.0. The van der Waals surface area contributed by atoms with E-state index in [1.54, 1.807) is 6.92 Å². The molecule has 0 aliphatic rings. The molecule has 9 heteroatoms. The summed E-state index contributed by atoms with van der Waals surface area (Å²) in [7, 11) is 0. The van der Waals surface area contributed by atoms with Crippen molar-refractivity contribution in [1.29, 1.82) is 0 Å². The smallest absolute Gasteiger partial charge is 0.303 e. The molecule has 0 unspecified atom stereocenters. The van der Waals surface area contributed by atoms with Gasteiger partial charge < -0.3 is 18.9 Å². The van der Waals surface area contributed by atoms with Crippen LogP contribution in [0.4, 0.5) is 0 Å². The number of esters is 4. The molecule has 0 bridgehead atoms. The number of rotatable bonds is 9. The number of hydrogen-bond acceptors (Lipinski definition) is 9. The Labute approximate surface area is 145 Å². The van der Waals surface area contributed by atoms with Gasteiger partial charge in [-0.3, -0.25) is 24.0 Å². The van der Waals surface area contributed by atoms with Crippen molar-refractivity contribution < 1.29 is 42.9 Å². The van der Waals surface area contributed by atoms with E-state index in [9.17, 15) is 24.0 Å². The molecule has 0 aromatic rings. The molecule has 0 radical (unpaired) electrons. The molecule has 0 saturated carbocycles. The Morgan fingerprint density at radius 2 is 1.36 bits per heavy atom. The average Bonchev–Trinajstić information content (AvgIpc) is 2.46. The maximum absolute atomic E-state index is 11.5. The fourth-order valence-electron chi connectivity index (χ4n) is 2.23. The molecule has 0 amide bonds. The minimum atomic E-state index is -1.55. The standard InChI is InChI=1S/C16H24O9/c1-7-16(6,25-12(5)21)15(24-11(4)20)14(23-10(3)19)13(8-17)22-9(2)18/h8,13-15H,7H2,1-6H3/t13-,14+,15+,16-/m1/s1. The van der Waals surface area contributed by atoms with Crippen molar-refractivity contribution in [2.24, 2.45) is 0 Å². The predicted molar refractivity (Wildman–Crippen MR) is 83.2 cm³/mol. The van der Waals surface area contributed by atoms with Crippen molar-refractivity contribution >= 4 is 30.2 Å². The summed E-state index contributed by atoms with van der Waals surface area (Å²) >= 11 is 0. The van der Waals surface area contributed by atoms with Crippen LogP contribution in [0.25, 0.3) is 0 Å². The summed E-state index contributed by atoms with van der Waals surface area (Å²) in [5, 5.41) is 0. The summed E-state index contributed by atoms with van der Waals surface area (Å²) in [5.41, 5.74) is -1.43. The predicted octanol–water partition coefficient (Wildman–Crippen LogP) is 0.712. The third-order valence-corrected chi connectivity index (χ3v) is 3.33. The van der Waals surface area contributed by atoms with Gasteiger partial charge in [-0.05, 0) is 13.3 Å². The van der Waals surface area contributed by atoms with Gasteiger partial charge in [0, 0.05) is 27.7 Å². The van der Waals surface area contributed by atoms with Crippen LogP contribution in [0.15, 0.2) is 0 Å². The van der Waals surface area contributed by atoms with E-state index < -0.39 is 47.8 Å². The van der Waals surface area contributed by atoms with Crippen molar-refractivity contribution in [2.75, 3.05) is 0 Å². The zero-order chi connectivity index (χ0) is 19.8. The fourth-order valence-corrected chi connectivity index (χ4v) is 2.23. The summed E-state index contributed by atoms with van der Waals surface area (Å²) in [6.45, 7) is 7.49. The number of carbonyl (C=O) groups is 5. The first-order valence-corrected chi connectivity index (χ1v) is 7.63. The highest BCUT2D eigenvalue weighted by molar-refractivity contribution is 5.72. The zero-order valence-corrected chi connectivity index (χ0v) is 15.2. The highest BCUT2D eigenvalue weighted by Gasteiger charge is 2.49. The fraction of sp³-hybridized carbons (Fsp3) is 0.688. The Morgan fingerprint density at radius 3 is 1.68 bits per heavy atom. The Balaban J connectivity index is 6.08. The summed E-state index contributed by atoms with van der Waals surface area (Å²) in [6.07, 6.45) is -4.01. The molecule has 9 nitrogen and oxygen atoms in total. The van der Waals surface area contributed by atoms with E-state index in [-0.39, 0.29) is 12.7 Å². The van der Waals surface area contributed by atoms with E-state index in [1.807, 2.05) is 0 Å². The highest BCUT2D eigenvalue weighted by Crippen LogP contribution is 2.29. The highest BCUT2D eigenvalue weighted by atomic mass is 16.6. The largest absolute Gasteiger partial charge is 0.455 e. The molecule has 0 aliphatic carbocycles. The van der Waals surface area contributed by atoms with Gasteiger partial charge in [0.25, 0.3) is 0 Å². The van der Waals surface area contributed by atoms with Gasteiger partial charge in [-0.25, -0.2) is 0 Å². The maximum Gasteiger partial charge on any atom is 0.303 e. The molecule has 4 atom stereocenters. The Morgan fingerprint density at radius 1 is 0.880 bits per heavy atom. The van der Waals surface area contributed by atoms with Crippen molar-refractivity contribution in [1.82, 2.24) is 0 Å². The van der Waals surface area contributed by atoms with E-state index >= 15 is 0 Å². The minimum Gasteiger partial charge on any atom is -0.455 e. The van der Waals surface area contributed by atoms with Gasteiger partial charge >= 0.3 is 23.9 Å². The van der Waals surface area contributed by atoms with Gasteiger partial charge in [-0.15, -0.1) is 0 Å². The molecule has 0 heterocycles. The number of hydrogen-bond donors (Lipinski definition) is 0. The van der Waals surface area contributed by atoms with Gasteiger partial charge in [0.2, 0.25) is 0 Å². The molecule has 142 valence electrons. The second-order valence-corrected chi connectivity index (χ2v) is 5.57. The van der Waals surface area contributed by atoms with Gasteiger partial charge in [0.1, 0.15) is 5.60 Å². The quantitative estimate of drug-likeness (QED) is 0.332. The first-order valence-electron chi connectivity index (χ1n) is 7.63. The lowest BCUT2D eigenvalue weighted by Crippen LogP contribution is -2.57. The second kappa shape index (κ2) is 9.75. The molecule has 0 rings (SSSR count). The topological polar surface area (TPSA) is 122 Å². The number of ether oxygens (including phenoxy) is 4. The van der Waals surface area contributed by atoms with Crippen LogP contribution in [0.1, 0.15) is 48.0 Å². The van der Waals surface area contributed by atoms with Crippen molar-refractivity contribution in [3.8, 4) is 0 Å². The van der Waals surface area contributed by atoms with E-state index in [0.29, 0.717) is 0 Å². The second-order valence-electron chi connectivity index (χ2n) is 5.57. The maximum atomic E-state index is 11.5. The van der Waals surface area contributed by atoms with E-state index in [4.69, 9.17) is 18.9 Å². The third kappa shape index (κ3) is 7.32. The molecule has 0 aromatic heterocycles. The summed E-state index contributed by atoms with van der Waals surface area (Å²) in [5.74, 6) is -3.04. The van der Waals surface area contributed by atoms with Gasteiger partial charge in [-0.1, -0.05) is 6.92 Å². The van der Waals surface area contributed by atoms with Crippen LogP contribution in [-0.4, -0.2) is 54.1 Å². The Hall–Kier alpha value is -2.45. The SMILES string of the molecule is CC[C@@](C)(OC(C)=O)[C@@H](OC(C)=O)[C@@H](OC(C)=O)[C@@H](C=O)OC(C)=O. The minimum absolute atomic E-state index is 0.161. The van der Waals surface area contributed by atoms with Crippen LogP contribution < -0.4 is 0 Å². The molecule has 0 saturated heterocycles. The van der Waals surface area contributed by atoms with Crippen LogP contribution in [-0.2, 0) is 42.9 Å². The van der Waals surface area contributed by atoms with Gasteiger partial charge in [0.15, 0.2) is 24.6 Å². The zero-order valence-electron chi connectivity index (χ0n) is 15.2. The van der Waals surface area contributed by atoms with Gasteiger partial charge in [0.05, 0.1) is 0 Å². The molecular formula is C16H24O9. The van der Waals surface area contributed by atoms with Crippen LogP contribution in [0.2, 0.25) is 0 Å². The van der Waals surface area contributed by atoms with Crippen LogP contribution >= 0.6 is 0 Å². The number of aldehydes is 1. The Kier molecular flexibility index (Phi) is 8.80. The number of carbonyl (C=O) groups excluding carboxylic acids is 5. The summed E-state index contributed by atoms with van der Waals surface area (Å²) < 4.78 is 20.4. The molecule has 0 aromatic carbocycles. The van der Waals surface area contributed by atoms with Crippen LogP contribution in [0.3, 0.4) is 0 Å². The van der Waals surface area contributed by atoms with Crippen molar-refractivity contribution in [2.45, 2.75) is 71.9 Å². The van der Waals surface area contributed by atoms with E-state index in [1.165, 1.54) is 6.92 Å². The first-order chi connectivity index (χ1) is 11.5. The normalized spacial score (nSPS) is 16.4. The lowest BCUT2D eigenvalue weighted by atomic mass is 9.89. The van der Waals surface area contributed by atoms with Crippen molar-refractivity contribution in [3.63, 3.8) is 0 Å². The van der Waals surface area contributed by atoms with Crippen molar-refractivity contribution in [3.05, 3.63) is 0 Å². The summed E-state index contributed by atoms with van der Waals surface area (Å²) in [6, 6.07) is 0. The molecular weight excluding hydrogens is 336 g/mol. The van der Waals surface area contributed by atoms with E-state index in [2.05, 4.69) is 0 Å². The molecule has 0 aliphatic heterocycles. The lowest BCUT2D eigenvalue weighted by molar-refractivity contribution is -0.212. The monoisotopic (exact) mass is 360 g/mol. The molecule has 0 spiro atoms. The molecule has 0 N–H and O–H groups in total. The van der Waals surface area contributed by atoms with Crippen LogP contribution in [0.5, 0.6) is 0 Å². The third-order valence-electron chi connectivity index (χ3n) is 3.33. The lowest BCUT2D eigenvalue weighted by Gasteiger charge is -2.40. The first kappa shape index (κ1) is 22.6. The van der Waals surface area contributed by atoms with Crippen LogP contribution in [0, 0.1) is 0 Å². The Bertz CT molecular complexity index is 528. The van der Waals surface area contributed by atoms with E-state index in [0.717, 1.165) is 27.7 Å². The molecule has 25 heavy (non-hydrogen) atoms.